The molecule has 1 aromatic carbocycles. The van der Waals surface area contributed by atoms with Gasteiger partial charge in [0.2, 0.25) is 10.0 Å². The zero-order valence-electron chi connectivity index (χ0n) is 13.3. The molecule has 1 unspecified atom stereocenters. The number of piperidine rings is 1. The van der Waals surface area contributed by atoms with Gasteiger partial charge in [0.25, 0.3) is 5.91 Å². The van der Waals surface area contributed by atoms with E-state index in [0.717, 1.165) is 32.4 Å². The van der Waals surface area contributed by atoms with Gasteiger partial charge in [0, 0.05) is 13.1 Å². The van der Waals surface area contributed by atoms with Gasteiger partial charge in [-0.25, -0.2) is 8.42 Å². The minimum atomic E-state index is -3.45. The number of ether oxygens (including phenoxy) is 1. The molecular formula is C16H22N2O4S. The predicted molar refractivity (Wildman–Crippen MR) is 88.1 cm³/mol. The van der Waals surface area contributed by atoms with Crippen LogP contribution in [-0.4, -0.2) is 50.7 Å². The number of amides is 1. The quantitative estimate of drug-likeness (QED) is 0.840. The summed E-state index contributed by atoms with van der Waals surface area (Å²) in [4.78, 5) is 14.5. The van der Waals surface area contributed by atoms with E-state index in [-0.39, 0.29) is 18.2 Å². The molecule has 1 atom stereocenters. The van der Waals surface area contributed by atoms with Crippen molar-refractivity contribution in [3.63, 3.8) is 0 Å². The van der Waals surface area contributed by atoms with Crippen molar-refractivity contribution in [2.45, 2.75) is 32.3 Å². The minimum absolute atomic E-state index is 0.00798. The highest BCUT2D eigenvalue weighted by atomic mass is 32.2. The lowest BCUT2D eigenvalue weighted by Crippen LogP contribution is -2.53. The zero-order chi connectivity index (χ0) is 16.4. The highest BCUT2D eigenvalue weighted by molar-refractivity contribution is 7.92. The molecule has 126 valence electrons. The Bertz CT molecular complexity index is 683. The normalized spacial score (nSPS) is 21.5. The topological polar surface area (TPSA) is 66.9 Å². The zero-order valence-corrected chi connectivity index (χ0v) is 14.1. The lowest BCUT2D eigenvalue weighted by Gasteiger charge is -2.37. The number of benzene rings is 1. The molecule has 1 fully saturated rings. The number of rotatable bonds is 3. The fourth-order valence-electron chi connectivity index (χ4n) is 3.07. The van der Waals surface area contributed by atoms with Crippen LogP contribution in [0.3, 0.4) is 0 Å². The number of sulfonamides is 1. The monoisotopic (exact) mass is 338 g/mol. The van der Waals surface area contributed by atoms with Crippen molar-refractivity contribution >= 4 is 21.6 Å². The number of fused-ring (bicyclic) bond motifs is 1. The van der Waals surface area contributed by atoms with Gasteiger partial charge in [-0.15, -0.1) is 0 Å². The first-order valence-corrected chi connectivity index (χ1v) is 9.68. The number of para-hydroxylation sites is 2. The van der Waals surface area contributed by atoms with Gasteiger partial charge in [-0.3, -0.25) is 9.10 Å². The van der Waals surface area contributed by atoms with Crippen LogP contribution >= 0.6 is 0 Å². The lowest BCUT2D eigenvalue weighted by molar-refractivity contribution is -0.139. The number of hydrogen-bond donors (Lipinski definition) is 0. The molecule has 7 heteroatoms. The Morgan fingerprint density at radius 2 is 1.91 bits per heavy atom. The molecule has 2 heterocycles. The van der Waals surface area contributed by atoms with Gasteiger partial charge in [-0.1, -0.05) is 12.1 Å². The summed E-state index contributed by atoms with van der Waals surface area (Å²) < 4.78 is 32.0. The SMILES string of the molecule is CCS(=O)(=O)N1CC(C(=O)N2CCCCC2)Oc2ccccc21. The standard InChI is InChI=1S/C16H22N2O4S/c1-2-23(20,21)18-12-15(16(19)17-10-6-3-7-11-17)22-14-9-5-4-8-13(14)18/h4-5,8-9,15H,2-3,6-7,10-12H2,1H3. The second-order valence-electron chi connectivity index (χ2n) is 5.89. The molecule has 0 N–H and O–H groups in total. The summed E-state index contributed by atoms with van der Waals surface area (Å²) in [5.74, 6) is 0.327. The van der Waals surface area contributed by atoms with Gasteiger partial charge < -0.3 is 9.64 Å². The molecular weight excluding hydrogens is 316 g/mol. The largest absolute Gasteiger partial charge is 0.476 e. The van der Waals surface area contributed by atoms with Gasteiger partial charge in [0.1, 0.15) is 5.75 Å². The third kappa shape index (κ3) is 3.15. The third-order valence-corrected chi connectivity index (χ3v) is 6.13. The lowest BCUT2D eigenvalue weighted by atomic mass is 10.1. The van der Waals surface area contributed by atoms with Crippen LogP contribution in [0, 0.1) is 0 Å². The third-order valence-electron chi connectivity index (χ3n) is 4.38. The van der Waals surface area contributed by atoms with Crippen LogP contribution in [0.5, 0.6) is 5.75 Å². The van der Waals surface area contributed by atoms with Crippen LogP contribution in [-0.2, 0) is 14.8 Å². The summed E-state index contributed by atoms with van der Waals surface area (Å²) in [6.07, 6.45) is 2.34. The number of hydrogen-bond acceptors (Lipinski definition) is 4. The molecule has 1 aromatic rings. The highest BCUT2D eigenvalue weighted by Crippen LogP contribution is 2.35. The van der Waals surface area contributed by atoms with Gasteiger partial charge in [-0.2, -0.15) is 0 Å². The molecule has 1 amide bonds. The van der Waals surface area contributed by atoms with Crippen molar-refractivity contribution in [3.05, 3.63) is 24.3 Å². The Balaban J connectivity index is 1.89. The molecule has 0 saturated carbocycles. The average molecular weight is 338 g/mol. The molecule has 3 rings (SSSR count). The fraction of sp³-hybridized carbons (Fsp3) is 0.562. The molecule has 23 heavy (non-hydrogen) atoms. The van der Waals surface area contributed by atoms with Crippen LogP contribution in [0.4, 0.5) is 5.69 Å². The maximum Gasteiger partial charge on any atom is 0.265 e. The van der Waals surface area contributed by atoms with Crippen molar-refractivity contribution in [3.8, 4) is 5.75 Å². The minimum Gasteiger partial charge on any atom is -0.476 e. The summed E-state index contributed by atoms with van der Waals surface area (Å²) in [6, 6.07) is 6.98. The molecule has 0 bridgehead atoms. The Morgan fingerprint density at radius 3 is 2.61 bits per heavy atom. The van der Waals surface area contributed by atoms with Gasteiger partial charge >= 0.3 is 0 Å². The Labute approximate surface area is 137 Å². The molecule has 0 spiro atoms. The van der Waals surface area contributed by atoms with Crippen LogP contribution in [0.25, 0.3) is 0 Å². The molecule has 0 radical (unpaired) electrons. The van der Waals surface area contributed by atoms with E-state index >= 15 is 0 Å². The van der Waals surface area contributed by atoms with Crippen LogP contribution < -0.4 is 9.04 Å². The van der Waals surface area contributed by atoms with Crippen molar-refractivity contribution in [1.29, 1.82) is 0 Å². The second kappa shape index (κ2) is 6.39. The summed E-state index contributed by atoms with van der Waals surface area (Å²) in [5.41, 5.74) is 0.511. The molecule has 2 aliphatic rings. The van der Waals surface area contributed by atoms with E-state index in [0.29, 0.717) is 11.4 Å². The van der Waals surface area contributed by atoms with E-state index in [1.165, 1.54) is 4.31 Å². The average Bonchev–Trinajstić information content (AvgIpc) is 2.60. The number of likely N-dealkylation sites (tertiary alicyclic amines) is 1. The van der Waals surface area contributed by atoms with Crippen LogP contribution in [0.1, 0.15) is 26.2 Å². The number of anilines is 1. The first-order valence-electron chi connectivity index (χ1n) is 8.08. The van der Waals surface area contributed by atoms with Gasteiger partial charge in [0.05, 0.1) is 18.0 Å². The number of carbonyl (C=O) groups is 1. The Kier molecular flexibility index (Phi) is 4.48. The predicted octanol–water partition coefficient (Wildman–Crippen LogP) is 1.62. The Hall–Kier alpha value is -1.76. The maximum absolute atomic E-state index is 12.7. The van der Waals surface area contributed by atoms with Crippen molar-refractivity contribution < 1.29 is 17.9 Å². The summed E-state index contributed by atoms with van der Waals surface area (Å²) in [7, 11) is -3.45. The van der Waals surface area contributed by atoms with Crippen molar-refractivity contribution in [2.75, 3.05) is 29.7 Å². The van der Waals surface area contributed by atoms with E-state index in [1.54, 1.807) is 36.1 Å². The van der Waals surface area contributed by atoms with Gasteiger partial charge in [0.15, 0.2) is 6.10 Å². The van der Waals surface area contributed by atoms with Crippen molar-refractivity contribution in [2.24, 2.45) is 0 Å². The van der Waals surface area contributed by atoms with E-state index < -0.39 is 16.1 Å². The smallest absolute Gasteiger partial charge is 0.265 e. The fourth-order valence-corrected chi connectivity index (χ4v) is 4.19. The summed E-state index contributed by atoms with van der Waals surface area (Å²) in [6.45, 7) is 3.10. The molecule has 0 aromatic heterocycles. The van der Waals surface area contributed by atoms with Gasteiger partial charge in [-0.05, 0) is 38.3 Å². The first-order chi connectivity index (χ1) is 11.0. The highest BCUT2D eigenvalue weighted by Gasteiger charge is 2.37. The molecule has 6 nitrogen and oxygen atoms in total. The Morgan fingerprint density at radius 1 is 1.22 bits per heavy atom. The number of nitrogens with zero attached hydrogens (tertiary/aromatic N) is 2. The van der Waals surface area contributed by atoms with E-state index in [1.807, 2.05) is 0 Å². The first kappa shape index (κ1) is 16.1. The van der Waals surface area contributed by atoms with Crippen LogP contribution in [0.15, 0.2) is 24.3 Å². The van der Waals surface area contributed by atoms with E-state index in [2.05, 4.69) is 0 Å². The maximum atomic E-state index is 12.7. The molecule has 1 saturated heterocycles. The van der Waals surface area contributed by atoms with Crippen molar-refractivity contribution in [1.82, 2.24) is 4.90 Å². The van der Waals surface area contributed by atoms with Crippen LogP contribution in [0.2, 0.25) is 0 Å². The van der Waals surface area contributed by atoms with E-state index in [4.69, 9.17) is 4.74 Å². The second-order valence-corrected chi connectivity index (χ2v) is 8.07. The summed E-state index contributed by atoms with van der Waals surface area (Å²) in [5, 5.41) is 0. The number of carbonyl (C=O) groups excluding carboxylic acids is 1. The molecule has 0 aliphatic carbocycles. The molecule has 2 aliphatic heterocycles. The van der Waals surface area contributed by atoms with E-state index in [9.17, 15) is 13.2 Å². The summed E-state index contributed by atoms with van der Waals surface area (Å²) >= 11 is 0.